The number of nitrogens with zero attached hydrogens (tertiary/aromatic N) is 4. The van der Waals surface area contributed by atoms with E-state index in [1.807, 2.05) is 35.2 Å². The summed E-state index contributed by atoms with van der Waals surface area (Å²) in [5.41, 5.74) is 3.85. The SMILES string of the molecule is COc1cc(C)c(S(=O)N2CCCCC2COCC(=O)N2CCc3onc(CN4CCOCC4)c3C2)c(C)c1. The van der Waals surface area contributed by atoms with Gasteiger partial charge in [-0.25, -0.2) is 8.51 Å². The first-order valence-corrected chi connectivity index (χ1v) is 15.0. The molecule has 2 saturated heterocycles. The second-order valence-corrected chi connectivity index (χ2v) is 12.0. The average molecular weight is 561 g/mol. The third-order valence-electron chi connectivity index (χ3n) is 7.90. The Hall–Kier alpha value is -2.31. The lowest BCUT2D eigenvalue weighted by Gasteiger charge is -2.35. The van der Waals surface area contributed by atoms with Gasteiger partial charge in [0.1, 0.15) is 34.8 Å². The summed E-state index contributed by atoms with van der Waals surface area (Å²) in [6.45, 7) is 10.1. The number of fused-ring (bicyclic) bond motifs is 1. The highest BCUT2D eigenvalue weighted by Gasteiger charge is 2.31. The van der Waals surface area contributed by atoms with E-state index in [1.165, 1.54) is 0 Å². The second kappa shape index (κ2) is 12.9. The van der Waals surface area contributed by atoms with E-state index in [-0.39, 0.29) is 18.6 Å². The molecule has 1 amide bonds. The van der Waals surface area contributed by atoms with Crippen LogP contribution in [0.15, 0.2) is 21.6 Å². The van der Waals surface area contributed by atoms with Crippen LogP contribution in [0, 0.1) is 13.8 Å². The number of aromatic nitrogens is 1. The van der Waals surface area contributed by atoms with Gasteiger partial charge in [0.15, 0.2) is 0 Å². The summed E-state index contributed by atoms with van der Waals surface area (Å²) in [7, 11) is 0.337. The lowest BCUT2D eigenvalue weighted by atomic mass is 10.1. The number of benzene rings is 1. The van der Waals surface area contributed by atoms with E-state index in [9.17, 15) is 9.00 Å². The predicted octanol–water partition coefficient (Wildman–Crippen LogP) is 2.61. The number of hydrogen-bond donors (Lipinski definition) is 0. The molecule has 0 aliphatic carbocycles. The van der Waals surface area contributed by atoms with Crippen LogP contribution in [0.3, 0.4) is 0 Å². The number of amides is 1. The van der Waals surface area contributed by atoms with Gasteiger partial charge < -0.3 is 23.6 Å². The van der Waals surface area contributed by atoms with Crippen molar-refractivity contribution in [2.75, 3.05) is 59.7 Å². The largest absolute Gasteiger partial charge is 0.497 e. The van der Waals surface area contributed by atoms with Crippen molar-refractivity contribution >= 4 is 16.9 Å². The number of carbonyl (C=O) groups excluding carboxylic acids is 1. The molecule has 0 N–H and O–H groups in total. The van der Waals surface area contributed by atoms with Crippen LogP contribution in [-0.4, -0.2) is 95.1 Å². The quantitative estimate of drug-likeness (QED) is 0.462. The molecule has 0 spiro atoms. The number of methoxy groups -OCH3 is 1. The normalized spacial score (nSPS) is 21.5. The number of piperidine rings is 1. The third kappa shape index (κ3) is 6.54. The van der Waals surface area contributed by atoms with Gasteiger partial charge >= 0.3 is 0 Å². The first-order chi connectivity index (χ1) is 18.9. The molecule has 2 unspecified atom stereocenters. The van der Waals surface area contributed by atoms with E-state index >= 15 is 0 Å². The van der Waals surface area contributed by atoms with Crippen molar-refractivity contribution in [2.24, 2.45) is 0 Å². The molecule has 0 saturated carbocycles. The topological polar surface area (TPSA) is 97.6 Å². The Morgan fingerprint density at radius 2 is 1.90 bits per heavy atom. The van der Waals surface area contributed by atoms with Crippen LogP contribution in [0.5, 0.6) is 5.75 Å². The fraction of sp³-hybridized carbons (Fsp3) is 0.643. The van der Waals surface area contributed by atoms with E-state index in [1.54, 1.807) is 7.11 Å². The van der Waals surface area contributed by atoms with E-state index in [0.717, 1.165) is 90.9 Å². The maximum absolute atomic E-state index is 13.7. The molecule has 0 bridgehead atoms. The first kappa shape index (κ1) is 28.2. The number of hydrogen-bond acceptors (Lipinski definition) is 8. The second-order valence-electron chi connectivity index (χ2n) is 10.6. The molecule has 39 heavy (non-hydrogen) atoms. The minimum absolute atomic E-state index is 0.000516. The maximum Gasteiger partial charge on any atom is 0.248 e. The zero-order valence-electron chi connectivity index (χ0n) is 23.3. The van der Waals surface area contributed by atoms with Gasteiger partial charge in [0.25, 0.3) is 0 Å². The van der Waals surface area contributed by atoms with Crippen molar-refractivity contribution in [3.63, 3.8) is 0 Å². The minimum atomic E-state index is -1.30. The number of rotatable bonds is 9. The van der Waals surface area contributed by atoms with Crippen LogP contribution in [0.25, 0.3) is 0 Å². The molecule has 4 heterocycles. The average Bonchev–Trinajstić information content (AvgIpc) is 3.35. The molecule has 10 nitrogen and oxygen atoms in total. The first-order valence-electron chi connectivity index (χ1n) is 13.9. The maximum atomic E-state index is 13.7. The highest BCUT2D eigenvalue weighted by Crippen LogP contribution is 2.30. The van der Waals surface area contributed by atoms with Gasteiger partial charge in [-0.1, -0.05) is 11.6 Å². The number of ether oxygens (including phenoxy) is 3. The van der Waals surface area contributed by atoms with Gasteiger partial charge in [0.05, 0.1) is 38.4 Å². The Labute approximate surface area is 233 Å². The van der Waals surface area contributed by atoms with Crippen molar-refractivity contribution in [3.8, 4) is 5.75 Å². The zero-order chi connectivity index (χ0) is 27.4. The molecule has 2 aromatic rings. The Bertz CT molecular complexity index is 1160. The molecule has 5 rings (SSSR count). The molecule has 11 heteroatoms. The molecule has 214 valence electrons. The third-order valence-corrected chi connectivity index (χ3v) is 9.80. The van der Waals surface area contributed by atoms with Gasteiger partial charge in [0, 0.05) is 50.7 Å². The molecule has 2 atom stereocenters. The van der Waals surface area contributed by atoms with Crippen LogP contribution in [0.1, 0.15) is 47.4 Å². The van der Waals surface area contributed by atoms with Crippen molar-refractivity contribution in [1.29, 1.82) is 0 Å². The van der Waals surface area contributed by atoms with Gasteiger partial charge in [-0.3, -0.25) is 9.69 Å². The lowest BCUT2D eigenvalue weighted by molar-refractivity contribution is -0.137. The Kier molecular flexibility index (Phi) is 9.34. The van der Waals surface area contributed by atoms with Crippen LogP contribution in [0.4, 0.5) is 0 Å². The van der Waals surface area contributed by atoms with Crippen LogP contribution in [0.2, 0.25) is 0 Å². The van der Waals surface area contributed by atoms with Gasteiger partial charge in [-0.15, -0.1) is 0 Å². The summed E-state index contributed by atoms with van der Waals surface area (Å²) in [5, 5.41) is 4.31. The van der Waals surface area contributed by atoms with Crippen LogP contribution in [-0.2, 0) is 44.8 Å². The number of aryl methyl sites for hydroxylation is 2. The molecule has 0 radical (unpaired) electrons. The summed E-state index contributed by atoms with van der Waals surface area (Å²) in [4.78, 5) is 18.1. The lowest BCUT2D eigenvalue weighted by Crippen LogP contribution is -2.44. The van der Waals surface area contributed by atoms with E-state index < -0.39 is 11.0 Å². The fourth-order valence-corrected chi connectivity index (χ4v) is 7.36. The monoisotopic (exact) mass is 560 g/mol. The number of morpholine rings is 1. The fourth-order valence-electron chi connectivity index (χ4n) is 5.73. The standard InChI is InChI=1S/C28H40N4O6S/c1-20-14-23(35-3)15-21(2)28(20)39(34)32-8-5-4-6-22(32)18-37-19-27(33)31-9-7-26-24(16-31)25(29-38-26)17-30-10-12-36-13-11-30/h14-15,22H,4-13,16-19H2,1-3H3. The van der Waals surface area contributed by atoms with E-state index in [0.29, 0.717) is 32.7 Å². The Morgan fingerprint density at radius 1 is 1.13 bits per heavy atom. The van der Waals surface area contributed by atoms with E-state index in [2.05, 4.69) is 10.1 Å². The summed E-state index contributed by atoms with van der Waals surface area (Å²) in [5.74, 6) is 1.62. The summed E-state index contributed by atoms with van der Waals surface area (Å²) >= 11 is 0. The summed E-state index contributed by atoms with van der Waals surface area (Å²) in [6, 6.07) is 3.86. The molecular weight excluding hydrogens is 520 g/mol. The van der Waals surface area contributed by atoms with Gasteiger partial charge in [-0.05, 0) is 49.9 Å². The summed E-state index contributed by atoms with van der Waals surface area (Å²) in [6.07, 6.45) is 3.61. The number of carbonyl (C=O) groups is 1. The van der Waals surface area contributed by atoms with Crippen LogP contribution >= 0.6 is 0 Å². The van der Waals surface area contributed by atoms with Crippen molar-refractivity contribution in [1.82, 2.24) is 19.3 Å². The predicted molar refractivity (Wildman–Crippen MR) is 146 cm³/mol. The highest BCUT2D eigenvalue weighted by atomic mass is 32.2. The Balaban J connectivity index is 1.16. The minimum Gasteiger partial charge on any atom is -0.497 e. The zero-order valence-corrected chi connectivity index (χ0v) is 24.1. The van der Waals surface area contributed by atoms with Gasteiger partial charge in [0.2, 0.25) is 5.91 Å². The highest BCUT2D eigenvalue weighted by molar-refractivity contribution is 7.82. The smallest absolute Gasteiger partial charge is 0.248 e. The Morgan fingerprint density at radius 3 is 2.64 bits per heavy atom. The molecule has 1 aromatic carbocycles. The molecular formula is C28H40N4O6S. The van der Waals surface area contributed by atoms with Crippen LogP contribution < -0.4 is 4.74 Å². The molecule has 1 aromatic heterocycles. The van der Waals surface area contributed by atoms with Crippen molar-refractivity contribution in [3.05, 3.63) is 40.3 Å². The summed E-state index contributed by atoms with van der Waals surface area (Å²) < 4.78 is 38.1. The van der Waals surface area contributed by atoms with Crippen molar-refractivity contribution < 1.29 is 27.7 Å². The van der Waals surface area contributed by atoms with Gasteiger partial charge in [-0.2, -0.15) is 0 Å². The molecule has 3 aliphatic heterocycles. The van der Waals surface area contributed by atoms with Crippen molar-refractivity contribution in [2.45, 2.75) is 63.6 Å². The molecule has 3 aliphatic rings. The van der Waals surface area contributed by atoms with E-state index in [4.69, 9.17) is 18.7 Å². The molecule has 2 fully saturated rings.